The zero-order valence-corrected chi connectivity index (χ0v) is 15.9. The van der Waals surface area contributed by atoms with Gasteiger partial charge in [-0.15, -0.1) is 11.8 Å². The summed E-state index contributed by atoms with van der Waals surface area (Å²) in [7, 11) is 1.63. The topological polar surface area (TPSA) is 67.4 Å². The van der Waals surface area contributed by atoms with Gasteiger partial charge >= 0.3 is 0 Å². The van der Waals surface area contributed by atoms with Gasteiger partial charge in [-0.05, 0) is 37.1 Å². The average Bonchev–Trinajstić information content (AvgIpc) is 2.64. The smallest absolute Gasteiger partial charge is 0.234 e. The lowest BCUT2D eigenvalue weighted by Gasteiger charge is -2.09. The molecule has 0 spiro atoms. The van der Waals surface area contributed by atoms with Crippen LogP contribution in [0.2, 0.25) is 0 Å². The first-order valence-corrected chi connectivity index (χ1v) is 9.57. The Kier molecular flexibility index (Phi) is 8.02. The van der Waals surface area contributed by atoms with E-state index in [0.717, 1.165) is 22.6 Å². The molecule has 0 aromatic heterocycles. The highest BCUT2D eigenvalue weighted by Crippen LogP contribution is 2.17. The fourth-order valence-corrected chi connectivity index (χ4v) is 3.01. The molecule has 2 N–H and O–H groups in total. The number of thioether (sulfide) groups is 1. The Morgan fingerprint density at radius 3 is 2.42 bits per heavy atom. The predicted molar refractivity (Wildman–Crippen MR) is 107 cm³/mol. The third kappa shape index (κ3) is 6.80. The van der Waals surface area contributed by atoms with Gasteiger partial charge in [0, 0.05) is 12.2 Å². The van der Waals surface area contributed by atoms with E-state index in [4.69, 9.17) is 4.74 Å². The lowest BCUT2D eigenvalue weighted by Crippen LogP contribution is -2.28. The van der Waals surface area contributed by atoms with Gasteiger partial charge in [0.25, 0.3) is 0 Å². The van der Waals surface area contributed by atoms with Crippen molar-refractivity contribution in [2.24, 2.45) is 0 Å². The molecule has 2 aromatic carbocycles. The predicted octanol–water partition coefficient (Wildman–Crippen LogP) is 3.03. The highest BCUT2D eigenvalue weighted by Gasteiger charge is 2.07. The first-order valence-electron chi connectivity index (χ1n) is 8.41. The maximum atomic E-state index is 11.9. The first kappa shape index (κ1) is 19.8. The fourth-order valence-electron chi connectivity index (χ4n) is 2.37. The molecule has 2 aromatic rings. The molecule has 2 amide bonds. The molecule has 26 heavy (non-hydrogen) atoms. The van der Waals surface area contributed by atoms with Gasteiger partial charge in [0.15, 0.2) is 0 Å². The molecule has 0 radical (unpaired) electrons. The number of methoxy groups -OCH3 is 1. The molecule has 0 unspecified atom stereocenters. The van der Waals surface area contributed by atoms with Crippen molar-refractivity contribution in [1.29, 1.82) is 0 Å². The highest BCUT2D eigenvalue weighted by atomic mass is 32.2. The number of benzene rings is 2. The standard InChI is InChI=1S/C20H24N2O3S/c1-15-7-9-17(10-8-15)22-20(24)14-26-13-19(23)21-12-11-16-5-3-4-6-18(16)25-2/h3-10H,11-14H2,1-2H3,(H,21,23)(H,22,24). The van der Waals surface area contributed by atoms with E-state index in [-0.39, 0.29) is 23.3 Å². The van der Waals surface area contributed by atoms with Crippen LogP contribution in [0.15, 0.2) is 48.5 Å². The number of para-hydroxylation sites is 1. The Balaban J connectivity index is 1.62. The third-order valence-corrected chi connectivity index (χ3v) is 4.64. The van der Waals surface area contributed by atoms with E-state index < -0.39 is 0 Å². The van der Waals surface area contributed by atoms with Crippen molar-refractivity contribution in [3.63, 3.8) is 0 Å². The summed E-state index contributed by atoms with van der Waals surface area (Å²) in [6, 6.07) is 15.4. The fraction of sp³-hybridized carbons (Fsp3) is 0.300. The Hall–Kier alpha value is -2.47. The van der Waals surface area contributed by atoms with Gasteiger partial charge in [-0.3, -0.25) is 9.59 Å². The minimum absolute atomic E-state index is 0.0759. The molecule has 5 nitrogen and oxygen atoms in total. The van der Waals surface area contributed by atoms with Gasteiger partial charge in [0.1, 0.15) is 5.75 Å². The monoisotopic (exact) mass is 372 g/mol. The van der Waals surface area contributed by atoms with Crippen LogP contribution in [0, 0.1) is 6.92 Å². The minimum Gasteiger partial charge on any atom is -0.496 e. The lowest BCUT2D eigenvalue weighted by atomic mass is 10.1. The molecule has 6 heteroatoms. The number of hydrogen-bond donors (Lipinski definition) is 2. The highest BCUT2D eigenvalue weighted by molar-refractivity contribution is 8.00. The van der Waals surface area contributed by atoms with Gasteiger partial charge in [-0.1, -0.05) is 35.9 Å². The molecule has 0 aliphatic rings. The summed E-state index contributed by atoms with van der Waals surface area (Å²) in [4.78, 5) is 23.7. The second-order valence-corrected chi connectivity index (χ2v) is 6.80. The van der Waals surface area contributed by atoms with Gasteiger partial charge in [0.05, 0.1) is 18.6 Å². The largest absolute Gasteiger partial charge is 0.496 e. The molecule has 0 fully saturated rings. The number of carbonyl (C=O) groups excluding carboxylic acids is 2. The van der Waals surface area contributed by atoms with Crippen LogP contribution < -0.4 is 15.4 Å². The second-order valence-electron chi connectivity index (χ2n) is 5.82. The van der Waals surface area contributed by atoms with Crippen molar-refractivity contribution < 1.29 is 14.3 Å². The van der Waals surface area contributed by atoms with Gasteiger partial charge in [0.2, 0.25) is 11.8 Å². The van der Waals surface area contributed by atoms with E-state index in [0.29, 0.717) is 13.0 Å². The van der Waals surface area contributed by atoms with Crippen LogP contribution in [0.4, 0.5) is 5.69 Å². The summed E-state index contributed by atoms with van der Waals surface area (Å²) in [5.41, 5.74) is 2.96. The third-order valence-electron chi connectivity index (χ3n) is 3.71. The summed E-state index contributed by atoms with van der Waals surface area (Å²) < 4.78 is 5.29. The second kappa shape index (κ2) is 10.5. The number of rotatable bonds is 9. The number of ether oxygens (including phenoxy) is 1. The van der Waals surface area contributed by atoms with Crippen molar-refractivity contribution in [2.45, 2.75) is 13.3 Å². The van der Waals surface area contributed by atoms with Crippen LogP contribution in [-0.4, -0.2) is 37.0 Å². The number of amides is 2. The number of carbonyl (C=O) groups is 2. The molecule has 0 atom stereocenters. The molecule has 0 aliphatic heterocycles. The number of anilines is 1. The van der Waals surface area contributed by atoms with Crippen molar-refractivity contribution in [1.82, 2.24) is 5.32 Å². The summed E-state index contributed by atoms with van der Waals surface area (Å²) in [5.74, 6) is 1.14. The molecule has 0 aliphatic carbocycles. The Labute approximate surface area is 158 Å². The summed E-state index contributed by atoms with van der Waals surface area (Å²) in [6.07, 6.45) is 0.703. The maximum absolute atomic E-state index is 11.9. The summed E-state index contributed by atoms with van der Waals surface area (Å²) >= 11 is 1.30. The van der Waals surface area contributed by atoms with E-state index >= 15 is 0 Å². The lowest BCUT2D eigenvalue weighted by molar-refractivity contribution is -0.118. The zero-order chi connectivity index (χ0) is 18.8. The summed E-state index contributed by atoms with van der Waals surface area (Å²) in [6.45, 7) is 2.53. The molecule has 0 saturated heterocycles. The average molecular weight is 372 g/mol. The number of nitrogens with one attached hydrogen (secondary N) is 2. The van der Waals surface area contributed by atoms with E-state index in [2.05, 4.69) is 10.6 Å². The minimum atomic E-state index is -0.110. The Bertz CT molecular complexity index is 732. The van der Waals surface area contributed by atoms with Crippen molar-refractivity contribution in [3.8, 4) is 5.75 Å². The van der Waals surface area contributed by atoms with Crippen LogP contribution in [0.25, 0.3) is 0 Å². The molecule has 2 rings (SSSR count). The Morgan fingerprint density at radius 1 is 1.00 bits per heavy atom. The molecule has 0 saturated carbocycles. The van der Waals surface area contributed by atoms with Crippen LogP contribution >= 0.6 is 11.8 Å². The van der Waals surface area contributed by atoms with E-state index in [9.17, 15) is 9.59 Å². The molecular weight excluding hydrogens is 348 g/mol. The van der Waals surface area contributed by atoms with Crippen molar-refractivity contribution in [2.75, 3.05) is 30.5 Å². The molecule has 138 valence electrons. The van der Waals surface area contributed by atoms with Gasteiger partial charge < -0.3 is 15.4 Å². The number of hydrogen-bond acceptors (Lipinski definition) is 4. The van der Waals surface area contributed by atoms with E-state index in [1.807, 2.05) is 55.5 Å². The molecule has 0 bridgehead atoms. The number of aryl methyl sites for hydroxylation is 1. The normalized spacial score (nSPS) is 10.2. The molecule has 0 heterocycles. The SMILES string of the molecule is COc1ccccc1CCNC(=O)CSCC(=O)Nc1ccc(C)cc1. The van der Waals surface area contributed by atoms with Gasteiger partial charge in [-0.2, -0.15) is 0 Å². The quantitative estimate of drug-likeness (QED) is 0.710. The summed E-state index contributed by atoms with van der Waals surface area (Å²) in [5, 5.41) is 5.68. The maximum Gasteiger partial charge on any atom is 0.234 e. The zero-order valence-electron chi connectivity index (χ0n) is 15.1. The van der Waals surface area contributed by atoms with Crippen LogP contribution in [0.5, 0.6) is 5.75 Å². The Morgan fingerprint density at radius 2 is 1.69 bits per heavy atom. The van der Waals surface area contributed by atoms with Crippen molar-refractivity contribution in [3.05, 3.63) is 59.7 Å². The van der Waals surface area contributed by atoms with Crippen LogP contribution in [0.3, 0.4) is 0 Å². The van der Waals surface area contributed by atoms with Gasteiger partial charge in [-0.25, -0.2) is 0 Å². The van der Waals surface area contributed by atoms with Crippen LogP contribution in [0.1, 0.15) is 11.1 Å². The van der Waals surface area contributed by atoms with Crippen LogP contribution in [-0.2, 0) is 16.0 Å². The van der Waals surface area contributed by atoms with E-state index in [1.165, 1.54) is 11.8 Å². The van der Waals surface area contributed by atoms with Crippen molar-refractivity contribution >= 4 is 29.3 Å². The first-order chi connectivity index (χ1) is 12.6. The molecular formula is C20H24N2O3S. The van der Waals surface area contributed by atoms with E-state index in [1.54, 1.807) is 7.11 Å².